The maximum Gasteiger partial charge on any atom is 0.246 e. The summed E-state index contributed by atoms with van der Waals surface area (Å²) < 4.78 is 0. The molecule has 108 valence electrons. The molecule has 2 aliphatic rings. The van der Waals surface area contributed by atoms with Gasteiger partial charge in [-0.2, -0.15) is 0 Å². The summed E-state index contributed by atoms with van der Waals surface area (Å²) in [5, 5.41) is 2.94. The van der Waals surface area contributed by atoms with Gasteiger partial charge in [-0.3, -0.25) is 9.59 Å². The number of carbonyl (C=O) groups is 2. The van der Waals surface area contributed by atoms with E-state index in [0.29, 0.717) is 12.3 Å². The number of hydrogen-bond acceptors (Lipinski definition) is 2. The van der Waals surface area contributed by atoms with E-state index >= 15 is 0 Å². The Morgan fingerprint density at radius 1 is 1.32 bits per heavy atom. The number of carbonyl (C=O) groups excluding carboxylic acids is 2. The Morgan fingerprint density at radius 2 is 2.00 bits per heavy atom. The van der Waals surface area contributed by atoms with Crippen molar-refractivity contribution >= 4 is 11.8 Å². The lowest BCUT2D eigenvalue weighted by atomic mass is 9.98. The number of nitrogens with one attached hydrogen (secondary N) is 1. The van der Waals surface area contributed by atoms with Gasteiger partial charge in [-0.25, -0.2) is 0 Å². The fourth-order valence-electron chi connectivity index (χ4n) is 3.05. The maximum absolute atomic E-state index is 12.6. The maximum atomic E-state index is 12.6. The molecule has 1 saturated carbocycles. The van der Waals surface area contributed by atoms with Crippen molar-refractivity contribution in [2.75, 3.05) is 0 Å². The quantitative estimate of drug-likeness (QED) is 0.800. The first kappa shape index (κ1) is 14.4. The zero-order chi connectivity index (χ0) is 14.0. The highest BCUT2D eigenvalue weighted by atomic mass is 16.2. The van der Waals surface area contributed by atoms with Crippen LogP contribution in [0, 0.1) is 5.92 Å². The minimum atomic E-state index is -0.269. The van der Waals surface area contributed by atoms with Crippen LogP contribution in [0.3, 0.4) is 0 Å². The predicted octanol–water partition coefficient (Wildman–Crippen LogP) is 2.08. The zero-order valence-corrected chi connectivity index (χ0v) is 12.3. The van der Waals surface area contributed by atoms with Gasteiger partial charge in [-0.05, 0) is 38.5 Å². The third-order valence-corrected chi connectivity index (χ3v) is 4.39. The monoisotopic (exact) mass is 266 g/mol. The van der Waals surface area contributed by atoms with Crippen LogP contribution in [0.1, 0.15) is 59.3 Å². The molecule has 2 fully saturated rings. The molecule has 0 spiro atoms. The molecule has 1 aliphatic carbocycles. The Hall–Kier alpha value is -1.06. The topological polar surface area (TPSA) is 49.4 Å². The third-order valence-electron chi connectivity index (χ3n) is 4.39. The molecule has 0 aromatic carbocycles. The molecule has 1 N–H and O–H groups in total. The van der Waals surface area contributed by atoms with Gasteiger partial charge in [-0.1, -0.05) is 26.7 Å². The molecule has 3 unspecified atom stereocenters. The van der Waals surface area contributed by atoms with E-state index in [-0.39, 0.29) is 29.9 Å². The normalized spacial score (nSPS) is 29.3. The molecule has 4 heteroatoms. The number of unbranched alkanes of at least 4 members (excludes halogenated alkanes) is 1. The minimum absolute atomic E-state index is 0.0438. The van der Waals surface area contributed by atoms with Crippen molar-refractivity contribution in [3.63, 3.8) is 0 Å². The predicted molar refractivity (Wildman–Crippen MR) is 74.6 cm³/mol. The molecule has 1 aliphatic heterocycles. The lowest BCUT2D eigenvalue weighted by molar-refractivity contribution is -0.152. The van der Waals surface area contributed by atoms with Gasteiger partial charge in [0, 0.05) is 6.04 Å². The molecular weight excluding hydrogens is 240 g/mol. The lowest BCUT2D eigenvalue weighted by Crippen LogP contribution is -2.65. The molecule has 19 heavy (non-hydrogen) atoms. The standard InChI is InChI=1S/C15H26N2O2/c1-4-6-7-10(3)17-12(5-2)14(18)16-13(15(17)19)11-8-9-11/h10-13H,4-9H2,1-3H3,(H,16,18). The molecule has 0 aromatic heterocycles. The summed E-state index contributed by atoms with van der Waals surface area (Å²) in [5.74, 6) is 0.579. The zero-order valence-electron chi connectivity index (χ0n) is 12.3. The molecule has 0 aromatic rings. The van der Waals surface area contributed by atoms with E-state index in [1.807, 2.05) is 11.8 Å². The van der Waals surface area contributed by atoms with Gasteiger partial charge >= 0.3 is 0 Å². The smallest absolute Gasteiger partial charge is 0.246 e. The Balaban J connectivity index is 2.13. The molecule has 1 saturated heterocycles. The summed E-state index contributed by atoms with van der Waals surface area (Å²) in [7, 11) is 0. The van der Waals surface area contributed by atoms with Crippen LogP contribution in [0.4, 0.5) is 0 Å². The van der Waals surface area contributed by atoms with Crippen LogP contribution in [0.15, 0.2) is 0 Å². The minimum Gasteiger partial charge on any atom is -0.342 e. The first-order valence-electron chi connectivity index (χ1n) is 7.72. The highest BCUT2D eigenvalue weighted by molar-refractivity contribution is 5.97. The highest BCUT2D eigenvalue weighted by Crippen LogP contribution is 2.36. The summed E-state index contributed by atoms with van der Waals surface area (Å²) in [4.78, 5) is 26.7. The van der Waals surface area contributed by atoms with E-state index in [0.717, 1.165) is 32.1 Å². The van der Waals surface area contributed by atoms with E-state index < -0.39 is 0 Å². The third kappa shape index (κ3) is 2.93. The number of piperazine rings is 1. The number of hydrogen-bond donors (Lipinski definition) is 1. The van der Waals surface area contributed by atoms with E-state index in [1.54, 1.807) is 0 Å². The number of nitrogens with zero attached hydrogens (tertiary/aromatic N) is 1. The largest absolute Gasteiger partial charge is 0.342 e. The fraction of sp³-hybridized carbons (Fsp3) is 0.867. The molecular formula is C15H26N2O2. The van der Waals surface area contributed by atoms with E-state index in [1.165, 1.54) is 0 Å². The number of rotatable bonds is 6. The van der Waals surface area contributed by atoms with E-state index in [4.69, 9.17) is 0 Å². The Kier molecular flexibility index (Phi) is 4.48. The second-order valence-electron chi connectivity index (χ2n) is 5.98. The summed E-state index contributed by atoms with van der Waals surface area (Å²) >= 11 is 0. The van der Waals surface area contributed by atoms with Crippen LogP contribution in [-0.4, -0.2) is 34.8 Å². The highest BCUT2D eigenvalue weighted by Gasteiger charge is 2.47. The molecule has 0 radical (unpaired) electrons. The van der Waals surface area contributed by atoms with Crippen molar-refractivity contribution in [2.24, 2.45) is 5.92 Å². The molecule has 4 nitrogen and oxygen atoms in total. The first-order valence-corrected chi connectivity index (χ1v) is 7.72. The summed E-state index contributed by atoms with van der Waals surface area (Å²) in [5.41, 5.74) is 0. The summed E-state index contributed by atoms with van der Waals surface area (Å²) in [6, 6.07) is -0.349. The van der Waals surface area contributed by atoms with Gasteiger partial charge in [0.2, 0.25) is 11.8 Å². The molecule has 3 atom stereocenters. The van der Waals surface area contributed by atoms with E-state index in [9.17, 15) is 9.59 Å². The second kappa shape index (κ2) is 5.93. The average molecular weight is 266 g/mol. The van der Waals surface area contributed by atoms with Crippen LogP contribution in [0.2, 0.25) is 0 Å². The SMILES string of the molecule is CCCCC(C)N1C(=O)C(C2CC2)NC(=O)C1CC. The van der Waals surface area contributed by atoms with E-state index in [2.05, 4.69) is 19.2 Å². The van der Waals surface area contributed by atoms with Crippen LogP contribution in [0.25, 0.3) is 0 Å². The molecule has 1 heterocycles. The fourth-order valence-corrected chi connectivity index (χ4v) is 3.05. The first-order chi connectivity index (χ1) is 9.10. The van der Waals surface area contributed by atoms with Crippen LogP contribution in [-0.2, 0) is 9.59 Å². The van der Waals surface area contributed by atoms with Crippen LogP contribution >= 0.6 is 0 Å². The van der Waals surface area contributed by atoms with Crippen molar-refractivity contribution in [3.05, 3.63) is 0 Å². The summed E-state index contributed by atoms with van der Waals surface area (Å²) in [6.07, 6.45) is 6.07. The van der Waals surface area contributed by atoms with Crippen molar-refractivity contribution in [1.82, 2.24) is 10.2 Å². The van der Waals surface area contributed by atoms with Gasteiger partial charge in [0.1, 0.15) is 12.1 Å². The van der Waals surface area contributed by atoms with Crippen molar-refractivity contribution < 1.29 is 9.59 Å². The molecule has 2 rings (SSSR count). The Labute approximate surface area is 115 Å². The van der Waals surface area contributed by atoms with Crippen molar-refractivity contribution in [2.45, 2.75) is 77.4 Å². The summed E-state index contributed by atoms with van der Waals surface area (Å²) in [6.45, 7) is 6.22. The molecule has 0 bridgehead atoms. The Morgan fingerprint density at radius 3 is 2.53 bits per heavy atom. The van der Waals surface area contributed by atoms with Crippen molar-refractivity contribution in [3.8, 4) is 0 Å². The van der Waals surface area contributed by atoms with Gasteiger partial charge in [0.15, 0.2) is 0 Å². The van der Waals surface area contributed by atoms with Gasteiger partial charge in [0.25, 0.3) is 0 Å². The van der Waals surface area contributed by atoms with Gasteiger partial charge in [-0.15, -0.1) is 0 Å². The molecule has 2 amide bonds. The van der Waals surface area contributed by atoms with Crippen molar-refractivity contribution in [1.29, 1.82) is 0 Å². The average Bonchev–Trinajstić information content (AvgIpc) is 3.21. The number of amides is 2. The van der Waals surface area contributed by atoms with Gasteiger partial charge in [0.05, 0.1) is 0 Å². The van der Waals surface area contributed by atoms with Crippen LogP contribution in [0.5, 0.6) is 0 Å². The lowest BCUT2D eigenvalue weighted by Gasteiger charge is -2.42. The van der Waals surface area contributed by atoms with Gasteiger partial charge < -0.3 is 10.2 Å². The van der Waals surface area contributed by atoms with Crippen LogP contribution < -0.4 is 5.32 Å². The Bertz CT molecular complexity index is 352. The second-order valence-corrected chi connectivity index (χ2v) is 5.98.